The van der Waals surface area contributed by atoms with Crippen molar-refractivity contribution in [3.05, 3.63) is 41.5 Å². The highest BCUT2D eigenvalue weighted by atomic mass is 19.1. The van der Waals surface area contributed by atoms with Crippen molar-refractivity contribution in [3.63, 3.8) is 0 Å². The van der Waals surface area contributed by atoms with E-state index in [-0.39, 0.29) is 5.82 Å². The summed E-state index contributed by atoms with van der Waals surface area (Å²) in [7, 11) is 0. The molecule has 0 bridgehead atoms. The summed E-state index contributed by atoms with van der Waals surface area (Å²) < 4.78 is 15.4. The van der Waals surface area contributed by atoms with Gasteiger partial charge in [0.05, 0.1) is 5.69 Å². The Balaban J connectivity index is 2.49. The van der Waals surface area contributed by atoms with Gasteiger partial charge in [0.25, 0.3) is 0 Å². The van der Waals surface area contributed by atoms with Crippen LogP contribution in [0.15, 0.2) is 24.4 Å². The molecule has 0 amide bonds. The lowest BCUT2D eigenvalue weighted by molar-refractivity contribution is 0.529. The predicted molar refractivity (Wildman–Crippen MR) is 67.5 cm³/mol. The van der Waals surface area contributed by atoms with Gasteiger partial charge in [0.2, 0.25) is 0 Å². The molecule has 0 saturated heterocycles. The number of rotatable bonds is 2. The zero-order valence-electron chi connectivity index (χ0n) is 10.7. The van der Waals surface area contributed by atoms with E-state index in [1.807, 2.05) is 23.9 Å². The Labute approximate surface area is 101 Å². The van der Waals surface area contributed by atoms with Crippen LogP contribution in [0.1, 0.15) is 31.1 Å². The molecule has 17 heavy (non-hydrogen) atoms. The molecular weight excluding hydrogens is 215 g/mol. The van der Waals surface area contributed by atoms with Crippen molar-refractivity contribution in [3.8, 4) is 11.1 Å². The first-order valence-corrected chi connectivity index (χ1v) is 5.81. The lowest BCUT2D eigenvalue weighted by Gasteiger charge is -2.03. The van der Waals surface area contributed by atoms with E-state index in [4.69, 9.17) is 0 Å². The van der Waals surface area contributed by atoms with E-state index in [2.05, 4.69) is 18.9 Å². The fraction of sp³-hybridized carbons (Fsp3) is 0.357. The summed E-state index contributed by atoms with van der Waals surface area (Å²) in [6.45, 7) is 7.87. The average Bonchev–Trinajstić information content (AvgIpc) is 2.65. The molecule has 3 heteroatoms. The first-order chi connectivity index (χ1) is 7.99. The fourth-order valence-electron chi connectivity index (χ4n) is 1.79. The molecule has 2 rings (SSSR count). The topological polar surface area (TPSA) is 17.8 Å². The van der Waals surface area contributed by atoms with Crippen molar-refractivity contribution in [2.45, 2.75) is 33.7 Å². The van der Waals surface area contributed by atoms with Crippen LogP contribution in [0.2, 0.25) is 0 Å². The quantitative estimate of drug-likeness (QED) is 0.768. The SMILES string of the molecule is Cc1ccc(-c2cn(C(C)C)nc2C)cc1F. The number of aryl methyl sites for hydroxylation is 2. The molecule has 1 heterocycles. The normalized spacial score (nSPS) is 11.2. The van der Waals surface area contributed by atoms with E-state index in [9.17, 15) is 4.39 Å². The molecular formula is C14H17FN2. The molecule has 0 aliphatic heterocycles. The Bertz CT molecular complexity index is 541. The zero-order chi connectivity index (χ0) is 12.6. The molecule has 2 aromatic rings. The van der Waals surface area contributed by atoms with Gasteiger partial charge in [-0.1, -0.05) is 12.1 Å². The van der Waals surface area contributed by atoms with E-state index in [1.54, 1.807) is 19.1 Å². The van der Waals surface area contributed by atoms with Crippen molar-refractivity contribution >= 4 is 0 Å². The van der Waals surface area contributed by atoms with E-state index >= 15 is 0 Å². The van der Waals surface area contributed by atoms with Gasteiger partial charge < -0.3 is 0 Å². The van der Waals surface area contributed by atoms with E-state index in [0.29, 0.717) is 11.6 Å². The van der Waals surface area contributed by atoms with Gasteiger partial charge in [-0.3, -0.25) is 4.68 Å². The van der Waals surface area contributed by atoms with Crippen LogP contribution in [-0.4, -0.2) is 9.78 Å². The lowest BCUT2D eigenvalue weighted by Crippen LogP contribution is -2.00. The van der Waals surface area contributed by atoms with Crippen LogP contribution < -0.4 is 0 Å². The van der Waals surface area contributed by atoms with Gasteiger partial charge in [0, 0.05) is 17.8 Å². The standard InChI is InChI=1S/C14H17FN2/c1-9(2)17-8-13(11(4)16-17)12-6-5-10(3)14(15)7-12/h5-9H,1-4H3. The van der Waals surface area contributed by atoms with Crippen molar-refractivity contribution in [2.24, 2.45) is 0 Å². The summed E-state index contributed by atoms with van der Waals surface area (Å²) >= 11 is 0. The Morgan fingerprint density at radius 2 is 1.94 bits per heavy atom. The summed E-state index contributed by atoms with van der Waals surface area (Å²) in [4.78, 5) is 0. The number of hydrogen-bond donors (Lipinski definition) is 0. The summed E-state index contributed by atoms with van der Waals surface area (Å²) in [6, 6.07) is 5.63. The number of halogens is 1. The molecule has 0 atom stereocenters. The van der Waals surface area contributed by atoms with E-state index in [0.717, 1.165) is 16.8 Å². The fourth-order valence-corrected chi connectivity index (χ4v) is 1.79. The summed E-state index contributed by atoms with van der Waals surface area (Å²) in [5.41, 5.74) is 3.49. The average molecular weight is 232 g/mol. The summed E-state index contributed by atoms with van der Waals surface area (Å²) in [6.07, 6.45) is 1.98. The predicted octanol–water partition coefficient (Wildman–Crippen LogP) is 3.89. The highest BCUT2D eigenvalue weighted by Gasteiger charge is 2.10. The number of nitrogens with zero attached hydrogens (tertiary/aromatic N) is 2. The molecule has 0 aliphatic rings. The minimum absolute atomic E-state index is 0.167. The van der Waals surface area contributed by atoms with Crippen LogP contribution in [0.5, 0.6) is 0 Å². The molecule has 0 aliphatic carbocycles. The maximum Gasteiger partial charge on any atom is 0.126 e. The van der Waals surface area contributed by atoms with Gasteiger partial charge in [-0.05, 0) is 44.9 Å². The van der Waals surface area contributed by atoms with Crippen molar-refractivity contribution in [1.29, 1.82) is 0 Å². The Hall–Kier alpha value is -1.64. The summed E-state index contributed by atoms with van der Waals surface area (Å²) in [5.74, 6) is -0.167. The van der Waals surface area contributed by atoms with Crippen LogP contribution in [0, 0.1) is 19.7 Å². The number of benzene rings is 1. The van der Waals surface area contributed by atoms with Gasteiger partial charge in [0.15, 0.2) is 0 Å². The Morgan fingerprint density at radius 1 is 1.24 bits per heavy atom. The largest absolute Gasteiger partial charge is 0.269 e. The van der Waals surface area contributed by atoms with Gasteiger partial charge in [-0.15, -0.1) is 0 Å². The monoisotopic (exact) mass is 232 g/mol. The molecule has 90 valence electrons. The second kappa shape index (κ2) is 4.32. The van der Waals surface area contributed by atoms with Crippen LogP contribution >= 0.6 is 0 Å². The third-order valence-corrected chi connectivity index (χ3v) is 2.93. The number of aromatic nitrogens is 2. The Morgan fingerprint density at radius 3 is 2.47 bits per heavy atom. The second-order valence-electron chi connectivity index (χ2n) is 4.67. The third kappa shape index (κ3) is 2.23. The van der Waals surface area contributed by atoms with Crippen LogP contribution in [-0.2, 0) is 0 Å². The van der Waals surface area contributed by atoms with Crippen LogP contribution in [0.4, 0.5) is 4.39 Å². The molecule has 0 unspecified atom stereocenters. The van der Waals surface area contributed by atoms with Gasteiger partial charge in [0.1, 0.15) is 5.82 Å². The molecule has 0 fully saturated rings. The number of hydrogen-bond acceptors (Lipinski definition) is 1. The molecule has 0 spiro atoms. The molecule has 0 radical (unpaired) electrons. The highest BCUT2D eigenvalue weighted by Crippen LogP contribution is 2.25. The highest BCUT2D eigenvalue weighted by molar-refractivity contribution is 5.65. The smallest absolute Gasteiger partial charge is 0.126 e. The third-order valence-electron chi connectivity index (χ3n) is 2.93. The molecule has 0 saturated carbocycles. The van der Waals surface area contributed by atoms with Crippen LogP contribution in [0.25, 0.3) is 11.1 Å². The maximum absolute atomic E-state index is 13.5. The first-order valence-electron chi connectivity index (χ1n) is 5.81. The van der Waals surface area contributed by atoms with Gasteiger partial charge in [-0.2, -0.15) is 5.10 Å². The van der Waals surface area contributed by atoms with Crippen molar-refractivity contribution in [1.82, 2.24) is 9.78 Å². The van der Waals surface area contributed by atoms with Crippen molar-refractivity contribution < 1.29 is 4.39 Å². The first kappa shape index (κ1) is 11.8. The molecule has 0 N–H and O–H groups in total. The minimum atomic E-state index is -0.167. The zero-order valence-corrected chi connectivity index (χ0v) is 10.7. The van der Waals surface area contributed by atoms with E-state index in [1.165, 1.54) is 0 Å². The van der Waals surface area contributed by atoms with Gasteiger partial charge >= 0.3 is 0 Å². The summed E-state index contributed by atoms with van der Waals surface area (Å²) in [5, 5.41) is 4.43. The van der Waals surface area contributed by atoms with Crippen LogP contribution in [0.3, 0.4) is 0 Å². The van der Waals surface area contributed by atoms with Gasteiger partial charge in [-0.25, -0.2) is 4.39 Å². The van der Waals surface area contributed by atoms with Crippen molar-refractivity contribution in [2.75, 3.05) is 0 Å². The minimum Gasteiger partial charge on any atom is -0.269 e. The lowest BCUT2D eigenvalue weighted by atomic mass is 10.1. The maximum atomic E-state index is 13.5. The van der Waals surface area contributed by atoms with E-state index < -0.39 is 0 Å². The Kier molecular flexibility index (Phi) is 3.01. The molecule has 1 aromatic heterocycles. The second-order valence-corrected chi connectivity index (χ2v) is 4.67. The molecule has 1 aromatic carbocycles. The molecule has 2 nitrogen and oxygen atoms in total.